The van der Waals surface area contributed by atoms with Crippen LogP contribution in [-0.4, -0.2) is 56.6 Å². The highest BCUT2D eigenvalue weighted by Crippen LogP contribution is 2.26. The van der Waals surface area contributed by atoms with E-state index in [0.29, 0.717) is 31.1 Å². The second kappa shape index (κ2) is 8.99. The molecule has 1 N–H and O–H groups in total. The Morgan fingerprint density at radius 3 is 2.74 bits per heavy atom. The van der Waals surface area contributed by atoms with Gasteiger partial charge < -0.3 is 24.4 Å². The van der Waals surface area contributed by atoms with Crippen molar-refractivity contribution in [2.75, 3.05) is 36.5 Å². The number of morpholine rings is 1. The van der Waals surface area contributed by atoms with Gasteiger partial charge in [-0.3, -0.25) is 4.79 Å². The van der Waals surface area contributed by atoms with Gasteiger partial charge in [-0.15, -0.1) is 0 Å². The van der Waals surface area contributed by atoms with Gasteiger partial charge in [0, 0.05) is 25.4 Å². The van der Waals surface area contributed by atoms with Crippen molar-refractivity contribution < 1.29 is 23.4 Å². The van der Waals surface area contributed by atoms with E-state index in [1.165, 1.54) is 6.07 Å². The minimum atomic E-state index is -0.627. The third-order valence-electron chi connectivity index (χ3n) is 4.90. The number of halogens is 1. The largest absolute Gasteiger partial charge is 0.376 e. The molecule has 6 nitrogen and oxygen atoms in total. The lowest BCUT2D eigenvalue weighted by Gasteiger charge is -2.37. The molecule has 0 spiro atoms. The molecule has 0 saturated carbocycles. The fraction of sp³-hybridized carbons (Fsp3) is 0.650. The maximum absolute atomic E-state index is 14.6. The summed E-state index contributed by atoms with van der Waals surface area (Å²) in [5.41, 5.74) is 0.945. The molecule has 2 fully saturated rings. The maximum atomic E-state index is 14.6. The zero-order chi connectivity index (χ0) is 19.4. The molecule has 2 heterocycles. The molecule has 0 aliphatic carbocycles. The molecule has 3 rings (SSSR count). The van der Waals surface area contributed by atoms with Crippen LogP contribution in [0.2, 0.25) is 0 Å². The molecule has 0 radical (unpaired) electrons. The smallest absolute Gasteiger partial charge is 0.253 e. The van der Waals surface area contributed by atoms with Crippen LogP contribution in [0.25, 0.3) is 0 Å². The molecule has 2 saturated heterocycles. The van der Waals surface area contributed by atoms with Gasteiger partial charge in [-0.25, -0.2) is 4.39 Å². The summed E-state index contributed by atoms with van der Waals surface area (Å²) in [6, 6.07) is 4.77. The van der Waals surface area contributed by atoms with E-state index in [0.717, 1.165) is 19.4 Å². The summed E-state index contributed by atoms with van der Waals surface area (Å²) >= 11 is 0. The molecule has 27 heavy (non-hydrogen) atoms. The first-order chi connectivity index (χ1) is 12.9. The number of anilines is 2. The first-order valence-corrected chi connectivity index (χ1v) is 9.66. The third kappa shape index (κ3) is 5.40. The second-order valence-electron chi connectivity index (χ2n) is 7.43. The molecular weight excluding hydrogens is 351 g/mol. The Hall–Kier alpha value is -1.70. The summed E-state index contributed by atoms with van der Waals surface area (Å²) in [7, 11) is 0. The SMILES string of the molecule is C[C@@H]1CN(c2ccc(NC(=O)[C@H](C)OC[C@@H]3CCCO3)cc2F)C[C@@H](C)O1. The van der Waals surface area contributed by atoms with E-state index in [1.807, 2.05) is 18.7 Å². The lowest BCUT2D eigenvalue weighted by Crippen LogP contribution is -2.45. The van der Waals surface area contributed by atoms with Crippen molar-refractivity contribution in [3.05, 3.63) is 24.0 Å². The van der Waals surface area contributed by atoms with Crippen LogP contribution in [0.4, 0.5) is 15.8 Å². The number of hydrogen-bond acceptors (Lipinski definition) is 5. The molecule has 2 aliphatic heterocycles. The van der Waals surface area contributed by atoms with E-state index in [2.05, 4.69) is 5.32 Å². The minimum absolute atomic E-state index is 0.0503. The van der Waals surface area contributed by atoms with Crippen LogP contribution in [-0.2, 0) is 19.0 Å². The molecule has 1 aromatic rings. The van der Waals surface area contributed by atoms with Crippen LogP contribution in [0.3, 0.4) is 0 Å². The summed E-state index contributed by atoms with van der Waals surface area (Å²) < 4.78 is 31.4. The van der Waals surface area contributed by atoms with Crippen molar-refractivity contribution in [2.45, 2.75) is 58.0 Å². The summed E-state index contributed by atoms with van der Waals surface area (Å²) in [4.78, 5) is 14.3. The molecule has 7 heteroatoms. The normalized spacial score (nSPS) is 26.8. The molecule has 4 atom stereocenters. The Bertz CT molecular complexity index is 641. The summed E-state index contributed by atoms with van der Waals surface area (Å²) in [5, 5.41) is 2.72. The van der Waals surface area contributed by atoms with Gasteiger partial charge in [0.05, 0.1) is 30.6 Å². The highest BCUT2D eigenvalue weighted by atomic mass is 19.1. The minimum Gasteiger partial charge on any atom is -0.376 e. The lowest BCUT2D eigenvalue weighted by molar-refractivity contribution is -0.128. The van der Waals surface area contributed by atoms with E-state index in [9.17, 15) is 9.18 Å². The molecular formula is C20H29FN2O4. The first kappa shape index (κ1) is 20.0. The number of ether oxygens (including phenoxy) is 3. The zero-order valence-electron chi connectivity index (χ0n) is 16.2. The average molecular weight is 380 g/mol. The topological polar surface area (TPSA) is 60.0 Å². The molecule has 150 valence electrons. The van der Waals surface area contributed by atoms with Crippen LogP contribution in [0.1, 0.15) is 33.6 Å². The number of benzene rings is 1. The zero-order valence-corrected chi connectivity index (χ0v) is 16.2. The molecule has 1 amide bonds. The van der Waals surface area contributed by atoms with E-state index in [1.54, 1.807) is 19.1 Å². The summed E-state index contributed by atoms with van der Waals surface area (Å²) in [5.74, 6) is -0.657. The highest BCUT2D eigenvalue weighted by molar-refractivity contribution is 5.94. The average Bonchev–Trinajstić information content (AvgIpc) is 3.12. The van der Waals surface area contributed by atoms with Crippen molar-refractivity contribution in [1.82, 2.24) is 0 Å². The van der Waals surface area contributed by atoms with Gasteiger partial charge in [-0.2, -0.15) is 0 Å². The number of carbonyl (C=O) groups is 1. The van der Waals surface area contributed by atoms with Crippen LogP contribution >= 0.6 is 0 Å². The number of nitrogens with one attached hydrogen (secondary N) is 1. The van der Waals surface area contributed by atoms with Crippen LogP contribution in [0.15, 0.2) is 18.2 Å². The fourth-order valence-electron chi connectivity index (χ4n) is 3.56. The van der Waals surface area contributed by atoms with Crippen molar-refractivity contribution in [3.8, 4) is 0 Å². The predicted molar refractivity (Wildman–Crippen MR) is 102 cm³/mol. The summed E-state index contributed by atoms with van der Waals surface area (Å²) in [6.45, 7) is 8.07. The van der Waals surface area contributed by atoms with Crippen molar-refractivity contribution in [2.24, 2.45) is 0 Å². The number of hydrogen-bond donors (Lipinski definition) is 1. The van der Waals surface area contributed by atoms with Gasteiger partial charge in [0.1, 0.15) is 11.9 Å². The molecule has 0 bridgehead atoms. The predicted octanol–water partition coefficient (Wildman–Crippen LogP) is 2.96. The van der Waals surface area contributed by atoms with E-state index < -0.39 is 6.10 Å². The standard InChI is InChI=1S/C20H29FN2O4/c1-13-10-23(11-14(2)27-13)19-7-6-16(9-18(19)21)22-20(24)15(3)26-12-17-5-4-8-25-17/h6-7,9,13-15,17H,4-5,8,10-12H2,1-3H3,(H,22,24)/t13-,14-,15+,17+/m1/s1. The molecule has 0 unspecified atom stereocenters. The second-order valence-corrected chi connectivity index (χ2v) is 7.43. The third-order valence-corrected chi connectivity index (χ3v) is 4.90. The van der Waals surface area contributed by atoms with Gasteiger partial charge >= 0.3 is 0 Å². The summed E-state index contributed by atoms with van der Waals surface area (Å²) in [6.07, 6.45) is 1.53. The van der Waals surface area contributed by atoms with Crippen LogP contribution in [0, 0.1) is 5.82 Å². The van der Waals surface area contributed by atoms with Gasteiger partial charge in [-0.05, 0) is 51.8 Å². The number of nitrogens with zero attached hydrogens (tertiary/aromatic N) is 1. The molecule has 0 aromatic heterocycles. The van der Waals surface area contributed by atoms with E-state index in [-0.39, 0.29) is 30.0 Å². The fourth-order valence-corrected chi connectivity index (χ4v) is 3.56. The van der Waals surface area contributed by atoms with Gasteiger partial charge in [0.2, 0.25) is 0 Å². The number of amides is 1. The van der Waals surface area contributed by atoms with Crippen LogP contribution in [0.5, 0.6) is 0 Å². The van der Waals surface area contributed by atoms with E-state index in [4.69, 9.17) is 14.2 Å². The first-order valence-electron chi connectivity index (χ1n) is 9.66. The molecule has 1 aromatic carbocycles. The van der Waals surface area contributed by atoms with E-state index >= 15 is 0 Å². The quantitative estimate of drug-likeness (QED) is 0.822. The lowest BCUT2D eigenvalue weighted by atomic mass is 10.1. The molecule has 2 aliphatic rings. The van der Waals surface area contributed by atoms with Crippen molar-refractivity contribution in [3.63, 3.8) is 0 Å². The van der Waals surface area contributed by atoms with Gasteiger partial charge in [-0.1, -0.05) is 0 Å². The van der Waals surface area contributed by atoms with Gasteiger partial charge in [0.15, 0.2) is 0 Å². The highest BCUT2D eigenvalue weighted by Gasteiger charge is 2.25. The van der Waals surface area contributed by atoms with Crippen molar-refractivity contribution in [1.29, 1.82) is 0 Å². The van der Waals surface area contributed by atoms with Gasteiger partial charge in [0.25, 0.3) is 5.91 Å². The Morgan fingerprint density at radius 1 is 1.37 bits per heavy atom. The Kier molecular flexibility index (Phi) is 6.68. The number of carbonyl (C=O) groups excluding carboxylic acids is 1. The Labute approximate surface area is 160 Å². The Morgan fingerprint density at radius 2 is 2.11 bits per heavy atom. The number of rotatable bonds is 6. The maximum Gasteiger partial charge on any atom is 0.253 e. The van der Waals surface area contributed by atoms with Crippen molar-refractivity contribution >= 4 is 17.3 Å². The van der Waals surface area contributed by atoms with Crippen LogP contribution < -0.4 is 10.2 Å². The monoisotopic (exact) mass is 380 g/mol. The Balaban J connectivity index is 1.55.